The third-order valence-corrected chi connectivity index (χ3v) is 7.19. The summed E-state index contributed by atoms with van der Waals surface area (Å²) in [5.74, 6) is -0.165. The average Bonchev–Trinajstić information content (AvgIpc) is 3.33. The van der Waals surface area contributed by atoms with Crippen molar-refractivity contribution in [1.29, 1.82) is 5.41 Å². The summed E-state index contributed by atoms with van der Waals surface area (Å²) < 4.78 is 5.70. The fraction of sp³-hybridized carbons (Fsp3) is 0.269. The van der Waals surface area contributed by atoms with E-state index in [4.69, 9.17) is 10.1 Å². The molecule has 0 radical (unpaired) electrons. The predicted molar refractivity (Wildman–Crippen MR) is 144 cm³/mol. The number of benzene rings is 2. The van der Waals surface area contributed by atoms with Crippen LogP contribution in [0.15, 0.2) is 64.2 Å². The van der Waals surface area contributed by atoms with Crippen molar-refractivity contribution in [1.82, 2.24) is 9.91 Å². The Morgan fingerprint density at radius 1 is 1.13 bits per heavy atom. The molecule has 0 aromatic heterocycles. The molecule has 1 saturated heterocycles. The highest BCUT2D eigenvalue weighted by Gasteiger charge is 2.36. The Labute approximate surface area is 222 Å². The maximum Gasteiger partial charge on any atom is 0.283 e. The normalized spacial score (nSPS) is 18.3. The number of likely N-dealkylation sites (tertiary alicyclic amines) is 1. The summed E-state index contributed by atoms with van der Waals surface area (Å²) in [6.07, 6.45) is 4.80. The van der Waals surface area contributed by atoms with Crippen molar-refractivity contribution < 1.29 is 19.2 Å². The second kappa shape index (κ2) is 11.0. The summed E-state index contributed by atoms with van der Waals surface area (Å²) in [7, 11) is 0. The van der Waals surface area contributed by atoms with Gasteiger partial charge in [-0.2, -0.15) is 15.1 Å². The highest BCUT2D eigenvalue weighted by atomic mass is 32.2. The van der Waals surface area contributed by atoms with Crippen molar-refractivity contribution in [2.24, 2.45) is 10.1 Å². The van der Waals surface area contributed by atoms with E-state index in [9.17, 15) is 19.7 Å². The van der Waals surface area contributed by atoms with Crippen molar-refractivity contribution in [3.63, 3.8) is 0 Å². The van der Waals surface area contributed by atoms with Gasteiger partial charge in [0.1, 0.15) is 17.4 Å². The summed E-state index contributed by atoms with van der Waals surface area (Å²) in [5, 5.41) is 26.2. The summed E-state index contributed by atoms with van der Waals surface area (Å²) in [5.41, 5.74) is 1.17. The molecule has 0 atom stereocenters. The van der Waals surface area contributed by atoms with Crippen LogP contribution in [0.25, 0.3) is 6.08 Å². The van der Waals surface area contributed by atoms with Gasteiger partial charge in [0.25, 0.3) is 11.6 Å². The number of amidine groups is 2. The second-order valence-corrected chi connectivity index (χ2v) is 9.92. The molecule has 3 aliphatic rings. The maximum absolute atomic E-state index is 12.7. The molecule has 12 heteroatoms. The number of nitrogens with zero attached hydrogens (tertiary/aromatic N) is 5. The Kier molecular flexibility index (Phi) is 7.31. The van der Waals surface area contributed by atoms with E-state index in [1.807, 2.05) is 4.90 Å². The van der Waals surface area contributed by atoms with Gasteiger partial charge < -0.3 is 9.64 Å². The van der Waals surface area contributed by atoms with Gasteiger partial charge in [-0.25, -0.2) is 0 Å². The number of thioether (sulfide) groups is 1. The lowest BCUT2D eigenvalue weighted by Crippen LogP contribution is -2.36. The topological polar surface area (TPSA) is 142 Å². The minimum absolute atomic E-state index is 0.00537. The monoisotopic (exact) mass is 532 g/mol. The van der Waals surface area contributed by atoms with Gasteiger partial charge >= 0.3 is 0 Å². The average molecular weight is 533 g/mol. The van der Waals surface area contributed by atoms with Crippen LogP contribution < -0.4 is 4.74 Å². The van der Waals surface area contributed by atoms with E-state index in [2.05, 4.69) is 10.1 Å². The van der Waals surface area contributed by atoms with E-state index in [1.165, 1.54) is 11.1 Å². The predicted octanol–water partition coefficient (Wildman–Crippen LogP) is 4.20. The van der Waals surface area contributed by atoms with E-state index in [1.54, 1.807) is 48.5 Å². The van der Waals surface area contributed by atoms with Crippen LogP contribution in [-0.2, 0) is 16.2 Å². The SMILES string of the molecule is N=C1C(=Cc2ccc(OCc3ccccc3[N+](=O)[O-])cc2)C(=O)N=C2SC(CC(=O)N3CCCCC3)=NN12. The summed E-state index contributed by atoms with van der Waals surface area (Å²) in [6, 6.07) is 13.2. The number of nitro benzene ring substituents is 1. The second-order valence-electron chi connectivity index (χ2n) is 8.88. The number of carbonyl (C=O) groups is 2. The zero-order chi connectivity index (χ0) is 26.6. The number of para-hydroxylation sites is 1. The fourth-order valence-electron chi connectivity index (χ4n) is 4.29. The lowest BCUT2D eigenvalue weighted by atomic mass is 10.1. The zero-order valence-corrected chi connectivity index (χ0v) is 21.1. The molecule has 194 valence electrons. The van der Waals surface area contributed by atoms with Gasteiger partial charge in [0.15, 0.2) is 5.84 Å². The Hall–Kier alpha value is -4.32. The first-order chi connectivity index (χ1) is 18.4. The number of aliphatic imine (C=N–C) groups is 1. The molecule has 3 aliphatic heterocycles. The van der Waals surface area contributed by atoms with Gasteiger partial charge in [-0.3, -0.25) is 25.1 Å². The molecule has 0 saturated carbocycles. The van der Waals surface area contributed by atoms with Gasteiger partial charge in [-0.15, -0.1) is 0 Å². The molecule has 0 spiro atoms. The minimum Gasteiger partial charge on any atom is -0.489 e. The van der Waals surface area contributed by atoms with Crippen LogP contribution in [0.5, 0.6) is 5.75 Å². The first kappa shape index (κ1) is 25.3. The number of hydrazone groups is 1. The molecule has 0 unspecified atom stereocenters. The maximum atomic E-state index is 12.7. The zero-order valence-electron chi connectivity index (χ0n) is 20.3. The largest absolute Gasteiger partial charge is 0.489 e. The molecule has 1 N–H and O–H groups in total. The number of hydrogen-bond donors (Lipinski definition) is 1. The molecule has 2 aromatic rings. The van der Waals surface area contributed by atoms with Gasteiger partial charge in [0.05, 0.1) is 22.5 Å². The van der Waals surface area contributed by atoms with Gasteiger partial charge in [-0.05, 0) is 60.9 Å². The fourth-order valence-corrected chi connectivity index (χ4v) is 5.16. The van der Waals surface area contributed by atoms with Crippen LogP contribution in [0.3, 0.4) is 0 Å². The van der Waals surface area contributed by atoms with Crippen molar-refractivity contribution >= 4 is 51.4 Å². The number of nitrogens with one attached hydrogen (secondary N) is 1. The number of nitro groups is 1. The van der Waals surface area contributed by atoms with Crippen molar-refractivity contribution in [2.75, 3.05) is 13.1 Å². The Balaban J connectivity index is 1.25. The van der Waals surface area contributed by atoms with Crippen LogP contribution in [0.2, 0.25) is 0 Å². The number of carbonyl (C=O) groups excluding carboxylic acids is 2. The standard InChI is InChI=1S/C26H24N6O5S/c27-24-20(14-17-8-10-19(11-9-17)37-16-18-6-2-3-7-21(18)32(35)36)25(34)28-26-31(24)29-22(38-26)15-23(33)30-12-4-1-5-13-30/h2-3,6-11,14,27H,1,4-5,12-13,15-16H2. The Bertz CT molecular complexity index is 1400. The van der Waals surface area contributed by atoms with E-state index < -0.39 is 10.8 Å². The van der Waals surface area contributed by atoms with E-state index in [0.29, 0.717) is 21.9 Å². The number of rotatable bonds is 7. The number of fused-ring (bicyclic) bond motifs is 1. The van der Waals surface area contributed by atoms with Crippen molar-refractivity contribution in [2.45, 2.75) is 32.3 Å². The van der Waals surface area contributed by atoms with E-state index >= 15 is 0 Å². The molecule has 11 nitrogen and oxygen atoms in total. The number of amides is 2. The quantitative estimate of drug-likeness (QED) is 0.320. The highest BCUT2D eigenvalue weighted by Crippen LogP contribution is 2.30. The van der Waals surface area contributed by atoms with Crippen LogP contribution in [0.4, 0.5) is 5.69 Å². The van der Waals surface area contributed by atoms with Gasteiger partial charge in [0.2, 0.25) is 11.1 Å². The molecular weight excluding hydrogens is 508 g/mol. The van der Waals surface area contributed by atoms with E-state index in [-0.39, 0.29) is 41.2 Å². The molecule has 2 aromatic carbocycles. The molecule has 1 fully saturated rings. The first-order valence-electron chi connectivity index (χ1n) is 12.1. The molecule has 38 heavy (non-hydrogen) atoms. The third kappa shape index (κ3) is 5.49. The van der Waals surface area contributed by atoms with E-state index in [0.717, 1.165) is 44.1 Å². The molecule has 0 aliphatic carbocycles. The Morgan fingerprint density at radius 2 is 1.87 bits per heavy atom. The minimum atomic E-state index is -0.552. The third-order valence-electron chi connectivity index (χ3n) is 6.28. The molecule has 0 bridgehead atoms. The number of ether oxygens (including phenoxy) is 1. The van der Waals surface area contributed by atoms with Crippen molar-refractivity contribution in [3.8, 4) is 5.75 Å². The molecule has 5 rings (SSSR count). The number of piperidine rings is 1. The molecule has 3 heterocycles. The molecular formula is C26H24N6O5S. The van der Waals surface area contributed by atoms with Crippen LogP contribution >= 0.6 is 11.8 Å². The van der Waals surface area contributed by atoms with Crippen LogP contribution in [-0.4, -0.2) is 55.8 Å². The number of hydrogen-bond acceptors (Lipinski definition) is 8. The Morgan fingerprint density at radius 3 is 2.61 bits per heavy atom. The molecule has 2 amide bonds. The lowest BCUT2D eigenvalue weighted by Gasteiger charge is -2.26. The van der Waals surface area contributed by atoms with Crippen LogP contribution in [0.1, 0.15) is 36.8 Å². The van der Waals surface area contributed by atoms with Crippen molar-refractivity contribution in [3.05, 3.63) is 75.3 Å². The van der Waals surface area contributed by atoms with Gasteiger partial charge in [0, 0.05) is 19.2 Å². The van der Waals surface area contributed by atoms with Gasteiger partial charge in [-0.1, -0.05) is 24.3 Å². The first-order valence-corrected chi connectivity index (χ1v) is 12.9. The summed E-state index contributed by atoms with van der Waals surface area (Å²) in [6.45, 7) is 1.53. The summed E-state index contributed by atoms with van der Waals surface area (Å²) in [4.78, 5) is 42.0. The summed E-state index contributed by atoms with van der Waals surface area (Å²) >= 11 is 1.14. The highest BCUT2D eigenvalue weighted by molar-refractivity contribution is 8.27. The van der Waals surface area contributed by atoms with Crippen LogP contribution in [0, 0.1) is 15.5 Å². The smallest absolute Gasteiger partial charge is 0.283 e. The lowest BCUT2D eigenvalue weighted by molar-refractivity contribution is -0.385.